The molecule has 0 fully saturated rings. The van der Waals surface area contributed by atoms with Gasteiger partial charge in [0.15, 0.2) is 5.71 Å². The maximum atomic E-state index is 12.4. The van der Waals surface area contributed by atoms with Gasteiger partial charge in [-0.25, -0.2) is 8.42 Å². The first-order chi connectivity index (χ1) is 6.40. The lowest BCUT2D eigenvalue weighted by atomic mass is 9.89. The van der Waals surface area contributed by atoms with Crippen molar-refractivity contribution in [1.29, 1.82) is 5.26 Å². The van der Waals surface area contributed by atoms with E-state index in [-0.39, 0.29) is 0 Å². The first-order valence-corrected chi connectivity index (χ1v) is 5.54. The third kappa shape index (κ3) is 4.29. The van der Waals surface area contributed by atoms with Gasteiger partial charge in [0.2, 0.25) is 0 Å². The van der Waals surface area contributed by atoms with Crippen molar-refractivity contribution in [3.8, 4) is 6.07 Å². The average Bonchev–Trinajstić information content (AvgIpc) is 1.96. The molecule has 0 aromatic carbocycles. The summed E-state index contributed by atoms with van der Waals surface area (Å²) in [4.78, 5) is 0. The highest BCUT2D eigenvalue weighted by atomic mass is 32.2. The van der Waals surface area contributed by atoms with Gasteiger partial charge in [0.1, 0.15) is 0 Å². The summed E-state index contributed by atoms with van der Waals surface area (Å²) in [6.45, 7) is 1.90. The zero-order chi connectivity index (χ0) is 12.5. The van der Waals surface area contributed by atoms with Crippen molar-refractivity contribution in [2.45, 2.75) is 20.0 Å². The fraction of sp³-hybridized carbons (Fsp3) is 0.714. The highest BCUT2D eigenvalue weighted by molar-refractivity contribution is 7.89. The number of nitrogens with zero attached hydrogens (tertiary/aromatic N) is 2. The normalized spacial score (nSPS) is 14.9. The summed E-state index contributed by atoms with van der Waals surface area (Å²) in [5.74, 6) is 0. The van der Waals surface area contributed by atoms with Crippen molar-refractivity contribution in [2.75, 3.05) is 6.26 Å². The molecular formula is C7H9F3N2O2S. The molecule has 4 nitrogen and oxygen atoms in total. The van der Waals surface area contributed by atoms with Gasteiger partial charge >= 0.3 is 6.18 Å². The van der Waals surface area contributed by atoms with Gasteiger partial charge in [-0.05, 0) is 13.8 Å². The van der Waals surface area contributed by atoms with Crippen LogP contribution in [0, 0.1) is 16.7 Å². The molecule has 15 heavy (non-hydrogen) atoms. The van der Waals surface area contributed by atoms with Crippen LogP contribution in [-0.4, -0.2) is 26.6 Å². The van der Waals surface area contributed by atoms with Crippen molar-refractivity contribution >= 4 is 15.7 Å². The molecule has 0 amide bonds. The van der Waals surface area contributed by atoms with Gasteiger partial charge in [-0.3, -0.25) is 0 Å². The van der Waals surface area contributed by atoms with Crippen LogP contribution >= 0.6 is 0 Å². The molecule has 0 rings (SSSR count). The average molecular weight is 242 g/mol. The van der Waals surface area contributed by atoms with Crippen LogP contribution in [0.2, 0.25) is 0 Å². The number of hydrogen-bond donors (Lipinski definition) is 0. The molecule has 0 aliphatic rings. The topological polar surface area (TPSA) is 70.3 Å². The van der Waals surface area contributed by atoms with Crippen LogP contribution in [0.3, 0.4) is 0 Å². The van der Waals surface area contributed by atoms with Gasteiger partial charge in [0.25, 0.3) is 10.0 Å². The number of rotatable bonds is 2. The van der Waals surface area contributed by atoms with Crippen molar-refractivity contribution < 1.29 is 21.6 Å². The summed E-state index contributed by atoms with van der Waals surface area (Å²) < 4.78 is 61.0. The minimum absolute atomic E-state index is 0.534. The van der Waals surface area contributed by atoms with E-state index in [4.69, 9.17) is 5.26 Å². The van der Waals surface area contributed by atoms with E-state index in [0.29, 0.717) is 6.26 Å². The highest BCUT2D eigenvalue weighted by Crippen LogP contribution is 2.30. The lowest BCUT2D eigenvalue weighted by Gasteiger charge is -2.20. The Labute approximate surface area is 85.5 Å². The van der Waals surface area contributed by atoms with Gasteiger partial charge in [-0.2, -0.15) is 22.8 Å². The molecule has 0 aromatic rings. The lowest BCUT2D eigenvalue weighted by Crippen LogP contribution is -2.36. The van der Waals surface area contributed by atoms with Crippen LogP contribution < -0.4 is 0 Å². The van der Waals surface area contributed by atoms with Crippen LogP contribution in [0.4, 0.5) is 13.2 Å². The first-order valence-electron chi connectivity index (χ1n) is 3.69. The van der Waals surface area contributed by atoms with Gasteiger partial charge in [-0.15, -0.1) is 0 Å². The molecule has 0 N–H and O–H groups in total. The third-order valence-electron chi connectivity index (χ3n) is 1.40. The molecule has 0 saturated heterocycles. The molecule has 0 heterocycles. The summed E-state index contributed by atoms with van der Waals surface area (Å²) in [7, 11) is -4.18. The minimum Gasteiger partial charge on any atom is -0.205 e. The molecule has 0 unspecified atom stereocenters. The van der Waals surface area contributed by atoms with E-state index in [9.17, 15) is 21.6 Å². The van der Waals surface area contributed by atoms with Gasteiger partial charge in [0.05, 0.1) is 17.7 Å². The molecule has 0 aliphatic heterocycles. The van der Waals surface area contributed by atoms with Crippen LogP contribution in [0.1, 0.15) is 13.8 Å². The van der Waals surface area contributed by atoms with E-state index in [1.807, 2.05) is 0 Å². The van der Waals surface area contributed by atoms with Gasteiger partial charge in [-0.1, -0.05) is 0 Å². The highest BCUT2D eigenvalue weighted by Gasteiger charge is 2.46. The maximum Gasteiger partial charge on any atom is 0.431 e. The molecule has 0 radical (unpaired) electrons. The van der Waals surface area contributed by atoms with E-state index >= 15 is 0 Å². The minimum atomic E-state index is -4.94. The molecule has 0 spiro atoms. The molecule has 0 saturated carbocycles. The van der Waals surface area contributed by atoms with E-state index < -0.39 is 27.3 Å². The van der Waals surface area contributed by atoms with Crippen LogP contribution in [0.15, 0.2) is 4.40 Å². The lowest BCUT2D eigenvalue weighted by molar-refractivity contribution is -0.0638. The Kier molecular flexibility index (Phi) is 3.53. The van der Waals surface area contributed by atoms with E-state index in [1.165, 1.54) is 6.07 Å². The van der Waals surface area contributed by atoms with Gasteiger partial charge < -0.3 is 0 Å². The summed E-state index contributed by atoms with van der Waals surface area (Å²) in [5.41, 5.74) is -3.61. The summed E-state index contributed by atoms with van der Waals surface area (Å²) >= 11 is 0. The predicted octanol–water partition coefficient (Wildman–Crippen LogP) is 1.50. The Morgan fingerprint density at radius 1 is 1.33 bits per heavy atom. The molecule has 86 valence electrons. The molecule has 0 aromatic heterocycles. The number of nitriles is 1. The predicted molar refractivity (Wildman–Crippen MR) is 47.7 cm³/mol. The van der Waals surface area contributed by atoms with Crippen molar-refractivity contribution in [2.24, 2.45) is 9.81 Å². The number of alkyl halides is 3. The molecule has 8 heteroatoms. The summed E-state index contributed by atoms with van der Waals surface area (Å²) in [6, 6.07) is 1.36. The quantitative estimate of drug-likeness (QED) is 0.689. The Morgan fingerprint density at radius 3 is 1.93 bits per heavy atom. The van der Waals surface area contributed by atoms with Crippen LogP contribution in [0.25, 0.3) is 0 Å². The Balaban J connectivity index is 5.72. The zero-order valence-corrected chi connectivity index (χ0v) is 9.07. The van der Waals surface area contributed by atoms with Crippen LogP contribution in [0.5, 0.6) is 0 Å². The summed E-state index contributed by atoms with van der Waals surface area (Å²) in [6.07, 6.45) is -4.41. The third-order valence-corrected chi connectivity index (χ3v) is 1.91. The Hall–Kier alpha value is -1.10. The molecule has 0 bridgehead atoms. The van der Waals surface area contributed by atoms with Crippen molar-refractivity contribution in [3.05, 3.63) is 0 Å². The second-order valence-corrected chi connectivity index (χ2v) is 5.06. The second-order valence-electron chi connectivity index (χ2n) is 3.41. The zero-order valence-electron chi connectivity index (χ0n) is 8.25. The SMILES string of the molecule is CC(C)(C#N)C(=NS(C)(=O)=O)C(F)(F)F. The standard InChI is InChI=1S/C7H9F3N2O2S/c1-6(2,4-11)5(7(8,9)10)12-15(3,13)14/h1-3H3. The second kappa shape index (κ2) is 3.81. The van der Waals surface area contributed by atoms with Gasteiger partial charge in [0, 0.05) is 0 Å². The Bertz CT molecular complexity index is 414. The number of hydrogen-bond acceptors (Lipinski definition) is 3. The van der Waals surface area contributed by atoms with Crippen molar-refractivity contribution in [3.63, 3.8) is 0 Å². The van der Waals surface area contributed by atoms with Crippen molar-refractivity contribution in [1.82, 2.24) is 0 Å². The number of sulfonamides is 1. The maximum absolute atomic E-state index is 12.4. The summed E-state index contributed by atoms with van der Waals surface area (Å²) in [5, 5.41) is 8.50. The fourth-order valence-electron chi connectivity index (χ4n) is 0.739. The smallest absolute Gasteiger partial charge is 0.205 e. The van der Waals surface area contributed by atoms with E-state index in [2.05, 4.69) is 4.40 Å². The molecule has 0 aliphatic carbocycles. The van der Waals surface area contributed by atoms with Crippen LogP contribution in [-0.2, 0) is 10.0 Å². The fourth-order valence-corrected chi connectivity index (χ4v) is 1.40. The molecule has 0 atom stereocenters. The number of halogens is 3. The molecular weight excluding hydrogens is 233 g/mol. The largest absolute Gasteiger partial charge is 0.431 e. The first kappa shape index (κ1) is 13.9. The Morgan fingerprint density at radius 2 is 1.73 bits per heavy atom. The van der Waals surface area contributed by atoms with E-state index in [1.54, 1.807) is 0 Å². The monoisotopic (exact) mass is 242 g/mol. The van der Waals surface area contributed by atoms with E-state index in [0.717, 1.165) is 13.8 Å².